The number of halogens is 2. The van der Waals surface area contributed by atoms with E-state index in [0.717, 1.165) is 0 Å². The Morgan fingerprint density at radius 1 is 1.37 bits per heavy atom. The first kappa shape index (κ1) is 15.8. The maximum Gasteiger partial charge on any atom is 0.279 e. The van der Waals surface area contributed by atoms with E-state index >= 15 is 0 Å². The Hall–Kier alpha value is -1.24. The minimum atomic E-state index is -0.761. The van der Waals surface area contributed by atoms with Crippen molar-refractivity contribution < 1.29 is 9.53 Å². The van der Waals surface area contributed by atoms with E-state index in [-0.39, 0.29) is 0 Å². The Bertz CT molecular complexity index is 485. The number of amides is 1. The van der Waals surface area contributed by atoms with Crippen LogP contribution >= 0.6 is 35.4 Å². The van der Waals surface area contributed by atoms with Gasteiger partial charge in [-0.2, -0.15) is 0 Å². The molecule has 0 radical (unpaired) electrons. The Morgan fingerprint density at radius 2 is 2.05 bits per heavy atom. The zero-order valence-corrected chi connectivity index (χ0v) is 12.6. The highest BCUT2D eigenvalue weighted by molar-refractivity contribution is 7.80. The molecule has 3 N–H and O–H groups in total. The van der Waals surface area contributed by atoms with Crippen molar-refractivity contribution in [3.8, 4) is 5.75 Å². The molecule has 19 heavy (non-hydrogen) atoms. The van der Waals surface area contributed by atoms with Crippen LogP contribution < -0.4 is 20.9 Å². The number of thiocarbonyl (C=S) groups is 1. The summed E-state index contributed by atoms with van der Waals surface area (Å²) in [4.78, 5) is 11.7. The van der Waals surface area contributed by atoms with Crippen molar-refractivity contribution in [1.29, 1.82) is 0 Å². The first-order chi connectivity index (χ1) is 8.93. The monoisotopic (exact) mass is 321 g/mol. The summed E-state index contributed by atoms with van der Waals surface area (Å²) in [6, 6.07) is 4.77. The Kier molecular flexibility index (Phi) is 6.14. The van der Waals surface area contributed by atoms with Gasteiger partial charge in [-0.1, -0.05) is 23.2 Å². The van der Waals surface area contributed by atoms with Crippen LogP contribution in [0.5, 0.6) is 5.75 Å². The number of benzene rings is 1. The summed E-state index contributed by atoms with van der Waals surface area (Å²) in [5.41, 5.74) is 4.90. The second kappa shape index (κ2) is 7.37. The number of carbonyl (C=O) groups is 1. The van der Waals surface area contributed by atoms with Crippen molar-refractivity contribution in [3.05, 3.63) is 28.2 Å². The van der Waals surface area contributed by atoms with E-state index in [9.17, 15) is 4.79 Å². The van der Waals surface area contributed by atoms with Crippen molar-refractivity contribution >= 4 is 46.4 Å². The summed E-state index contributed by atoms with van der Waals surface area (Å²) in [5, 5.41) is 3.80. The van der Waals surface area contributed by atoms with Gasteiger partial charge in [-0.05, 0) is 31.3 Å². The lowest BCUT2D eigenvalue weighted by Crippen LogP contribution is -2.49. The fourth-order valence-corrected chi connectivity index (χ4v) is 1.47. The molecule has 5 nitrogen and oxygen atoms in total. The first-order valence-corrected chi connectivity index (χ1v) is 6.49. The molecule has 0 spiro atoms. The van der Waals surface area contributed by atoms with Crippen molar-refractivity contribution in [1.82, 2.24) is 16.2 Å². The van der Waals surface area contributed by atoms with Crippen LogP contribution in [0.2, 0.25) is 10.0 Å². The van der Waals surface area contributed by atoms with Gasteiger partial charge in [0.15, 0.2) is 11.2 Å². The van der Waals surface area contributed by atoms with Crippen LogP contribution in [0.3, 0.4) is 0 Å². The van der Waals surface area contributed by atoms with Crippen molar-refractivity contribution in [3.63, 3.8) is 0 Å². The molecule has 8 heteroatoms. The maximum atomic E-state index is 11.7. The van der Waals surface area contributed by atoms with Crippen LogP contribution in [0.1, 0.15) is 6.92 Å². The Labute approximate surface area is 126 Å². The van der Waals surface area contributed by atoms with E-state index in [1.165, 1.54) is 0 Å². The summed E-state index contributed by atoms with van der Waals surface area (Å²) in [6.45, 7) is 1.58. The molecule has 0 heterocycles. The van der Waals surface area contributed by atoms with E-state index in [0.29, 0.717) is 20.9 Å². The predicted octanol–water partition coefficient (Wildman–Crippen LogP) is 1.89. The fourth-order valence-electron chi connectivity index (χ4n) is 1.09. The summed E-state index contributed by atoms with van der Waals surface area (Å²) >= 11 is 16.6. The van der Waals surface area contributed by atoms with Gasteiger partial charge in [0.25, 0.3) is 5.91 Å². The van der Waals surface area contributed by atoms with Crippen LogP contribution in [0.15, 0.2) is 18.2 Å². The van der Waals surface area contributed by atoms with E-state index in [1.54, 1.807) is 32.2 Å². The average Bonchev–Trinajstić information content (AvgIpc) is 2.39. The van der Waals surface area contributed by atoms with E-state index in [2.05, 4.69) is 16.2 Å². The summed E-state index contributed by atoms with van der Waals surface area (Å²) in [5.74, 6) is -0.0540. The van der Waals surface area contributed by atoms with Gasteiger partial charge < -0.3 is 10.1 Å². The lowest BCUT2D eigenvalue weighted by molar-refractivity contribution is -0.127. The quantitative estimate of drug-likeness (QED) is 0.586. The van der Waals surface area contributed by atoms with Crippen LogP contribution in [-0.2, 0) is 4.79 Å². The molecule has 0 aliphatic carbocycles. The molecule has 1 rings (SSSR count). The third kappa shape index (κ3) is 5.10. The van der Waals surface area contributed by atoms with Crippen LogP contribution in [0.4, 0.5) is 0 Å². The molecule has 1 aromatic carbocycles. The van der Waals surface area contributed by atoms with Gasteiger partial charge in [0.1, 0.15) is 5.75 Å². The molecule has 1 aromatic rings. The molecule has 1 atom stereocenters. The highest BCUT2D eigenvalue weighted by Gasteiger charge is 2.16. The zero-order valence-electron chi connectivity index (χ0n) is 10.3. The van der Waals surface area contributed by atoms with Crippen LogP contribution in [-0.4, -0.2) is 24.2 Å². The second-order valence-electron chi connectivity index (χ2n) is 3.53. The Balaban J connectivity index is 2.58. The van der Waals surface area contributed by atoms with Gasteiger partial charge in [-0.25, -0.2) is 0 Å². The highest BCUT2D eigenvalue weighted by atomic mass is 35.5. The molecule has 0 aliphatic rings. The van der Waals surface area contributed by atoms with Crippen molar-refractivity contribution in [2.24, 2.45) is 0 Å². The molecule has 1 unspecified atom stereocenters. The lowest BCUT2D eigenvalue weighted by Gasteiger charge is -2.16. The van der Waals surface area contributed by atoms with Crippen LogP contribution in [0.25, 0.3) is 0 Å². The van der Waals surface area contributed by atoms with E-state index in [1.807, 2.05) is 0 Å². The second-order valence-corrected chi connectivity index (χ2v) is 4.78. The third-order valence-corrected chi connectivity index (χ3v) is 2.95. The number of carbonyl (C=O) groups excluding carboxylic acids is 1. The van der Waals surface area contributed by atoms with Gasteiger partial charge in [0, 0.05) is 18.1 Å². The SMILES string of the molecule is CNC(=S)NNC(=O)C(C)Oc1cc(Cl)ccc1Cl. The van der Waals surface area contributed by atoms with Gasteiger partial charge in [0.05, 0.1) is 5.02 Å². The number of hydrazine groups is 1. The molecular formula is C11H13Cl2N3O2S. The molecule has 0 aromatic heterocycles. The Morgan fingerprint density at radius 3 is 2.68 bits per heavy atom. The topological polar surface area (TPSA) is 62.4 Å². The maximum absolute atomic E-state index is 11.7. The number of rotatable bonds is 3. The molecule has 0 saturated heterocycles. The average molecular weight is 322 g/mol. The smallest absolute Gasteiger partial charge is 0.279 e. The fraction of sp³-hybridized carbons (Fsp3) is 0.273. The first-order valence-electron chi connectivity index (χ1n) is 5.33. The summed E-state index contributed by atoms with van der Waals surface area (Å²) < 4.78 is 5.42. The number of hydrogen-bond donors (Lipinski definition) is 3. The van der Waals surface area contributed by atoms with E-state index < -0.39 is 12.0 Å². The predicted molar refractivity (Wildman–Crippen MR) is 79.5 cm³/mol. The molecule has 0 bridgehead atoms. The molecule has 0 fully saturated rings. The molecule has 1 amide bonds. The van der Waals surface area contributed by atoms with Crippen LogP contribution in [0, 0.1) is 0 Å². The highest BCUT2D eigenvalue weighted by Crippen LogP contribution is 2.28. The van der Waals surface area contributed by atoms with Gasteiger partial charge in [-0.3, -0.25) is 15.6 Å². The number of ether oxygens (including phenoxy) is 1. The summed E-state index contributed by atoms with van der Waals surface area (Å²) in [6.07, 6.45) is -0.761. The van der Waals surface area contributed by atoms with E-state index in [4.69, 9.17) is 40.2 Å². The largest absolute Gasteiger partial charge is 0.479 e. The minimum Gasteiger partial charge on any atom is -0.479 e. The number of hydrogen-bond acceptors (Lipinski definition) is 3. The van der Waals surface area contributed by atoms with Gasteiger partial charge >= 0.3 is 0 Å². The standard InChI is InChI=1S/C11H13Cl2N3O2S/c1-6(10(17)15-16-11(19)14-2)18-9-5-7(12)3-4-8(9)13/h3-6H,1-2H3,(H,15,17)(H2,14,16,19). The molecule has 0 saturated carbocycles. The minimum absolute atomic E-state index is 0.293. The molecular weight excluding hydrogens is 309 g/mol. The zero-order chi connectivity index (χ0) is 14.4. The third-order valence-electron chi connectivity index (χ3n) is 2.09. The van der Waals surface area contributed by atoms with Gasteiger partial charge in [0.2, 0.25) is 0 Å². The van der Waals surface area contributed by atoms with Crippen molar-refractivity contribution in [2.45, 2.75) is 13.0 Å². The normalized spacial score (nSPS) is 11.4. The molecule has 0 aliphatic heterocycles. The van der Waals surface area contributed by atoms with Crippen molar-refractivity contribution in [2.75, 3.05) is 7.05 Å². The summed E-state index contributed by atoms with van der Waals surface area (Å²) in [7, 11) is 1.63. The van der Waals surface area contributed by atoms with Gasteiger partial charge in [-0.15, -0.1) is 0 Å². The molecule has 104 valence electrons. The lowest BCUT2D eigenvalue weighted by atomic mass is 10.3. The number of nitrogens with one attached hydrogen (secondary N) is 3.